The number of likely N-dealkylation sites (N-methyl/N-ethyl adjacent to an activating group) is 1. The van der Waals surface area contributed by atoms with Crippen molar-refractivity contribution in [1.29, 1.82) is 0 Å². The van der Waals surface area contributed by atoms with E-state index in [0.717, 1.165) is 40.9 Å². The van der Waals surface area contributed by atoms with Gasteiger partial charge in [-0.25, -0.2) is 29.4 Å². The molecule has 37 heavy (non-hydrogen) atoms. The van der Waals surface area contributed by atoms with E-state index in [4.69, 9.17) is 9.47 Å². The molecule has 1 N–H and O–H groups in total. The van der Waals surface area contributed by atoms with Gasteiger partial charge < -0.3 is 24.6 Å². The molecule has 0 bridgehead atoms. The third-order valence-corrected chi connectivity index (χ3v) is 6.52. The predicted molar refractivity (Wildman–Crippen MR) is 139 cm³/mol. The van der Waals surface area contributed by atoms with Crippen molar-refractivity contribution in [2.75, 3.05) is 44.5 Å². The van der Waals surface area contributed by atoms with Crippen LogP contribution in [0.3, 0.4) is 0 Å². The molecule has 1 aliphatic heterocycles. The number of rotatable bonds is 7. The van der Waals surface area contributed by atoms with Gasteiger partial charge in [0.1, 0.15) is 36.2 Å². The van der Waals surface area contributed by atoms with Crippen molar-refractivity contribution in [3.05, 3.63) is 55.0 Å². The minimum atomic E-state index is 0.445. The lowest BCUT2D eigenvalue weighted by Crippen LogP contribution is -2.57. The van der Waals surface area contributed by atoms with E-state index in [0.29, 0.717) is 35.0 Å². The van der Waals surface area contributed by atoms with Crippen LogP contribution in [0.25, 0.3) is 16.6 Å². The topological polar surface area (TPSA) is 119 Å². The molecule has 0 atom stereocenters. The van der Waals surface area contributed by atoms with Crippen molar-refractivity contribution in [1.82, 2.24) is 39.4 Å². The first-order chi connectivity index (χ1) is 18.0. The van der Waals surface area contributed by atoms with Crippen LogP contribution in [0.4, 0.5) is 17.2 Å². The third kappa shape index (κ3) is 4.20. The van der Waals surface area contributed by atoms with E-state index in [1.54, 1.807) is 30.2 Å². The van der Waals surface area contributed by atoms with E-state index in [-0.39, 0.29) is 0 Å². The molecule has 0 spiro atoms. The van der Waals surface area contributed by atoms with E-state index in [9.17, 15) is 0 Å². The smallest absolute Gasteiger partial charge is 0.238 e. The van der Waals surface area contributed by atoms with E-state index in [2.05, 4.69) is 59.2 Å². The molecule has 0 aliphatic carbocycles. The lowest BCUT2D eigenvalue weighted by molar-refractivity contribution is 0.246. The van der Waals surface area contributed by atoms with Crippen LogP contribution >= 0.6 is 0 Å². The van der Waals surface area contributed by atoms with Crippen LogP contribution in [-0.4, -0.2) is 79.8 Å². The van der Waals surface area contributed by atoms with E-state index in [1.807, 2.05) is 25.1 Å². The van der Waals surface area contributed by atoms with Gasteiger partial charge in [0.05, 0.1) is 24.2 Å². The Morgan fingerprint density at radius 3 is 2.68 bits per heavy atom. The van der Waals surface area contributed by atoms with Gasteiger partial charge >= 0.3 is 0 Å². The van der Waals surface area contributed by atoms with Gasteiger partial charge in [0.15, 0.2) is 5.65 Å². The van der Waals surface area contributed by atoms with Crippen LogP contribution in [0.1, 0.15) is 5.56 Å². The molecule has 5 aromatic rings. The molecule has 1 saturated heterocycles. The average molecular weight is 499 g/mol. The van der Waals surface area contributed by atoms with Gasteiger partial charge in [0.2, 0.25) is 11.8 Å². The normalized spacial score (nSPS) is 13.8. The summed E-state index contributed by atoms with van der Waals surface area (Å²) in [5.74, 6) is 2.37. The lowest BCUT2D eigenvalue weighted by atomic mass is 10.1. The molecule has 12 nitrogen and oxygen atoms in total. The molecule has 0 amide bonds. The highest BCUT2D eigenvalue weighted by atomic mass is 16.5. The van der Waals surface area contributed by atoms with E-state index in [1.165, 1.54) is 12.7 Å². The summed E-state index contributed by atoms with van der Waals surface area (Å²) >= 11 is 0. The molecule has 1 fully saturated rings. The maximum atomic E-state index is 6.01. The Morgan fingerprint density at radius 2 is 1.89 bits per heavy atom. The summed E-state index contributed by atoms with van der Waals surface area (Å²) < 4.78 is 13.2. The molecule has 12 heteroatoms. The fourth-order valence-corrected chi connectivity index (χ4v) is 4.38. The SMILES string of the molecule is COc1ncc2ncnc(Nc3ccc(Oc4cc5ncnn5cn4)c(C)c3)c2c1N1CC(N(C)C)C1. The first kappa shape index (κ1) is 22.9. The second kappa shape index (κ2) is 9.13. The number of anilines is 3. The second-order valence-corrected chi connectivity index (χ2v) is 9.12. The summed E-state index contributed by atoms with van der Waals surface area (Å²) in [6.07, 6.45) is 6.30. The first-order valence-electron chi connectivity index (χ1n) is 11.8. The summed E-state index contributed by atoms with van der Waals surface area (Å²) in [7, 11) is 5.82. The number of nitrogens with zero attached hydrogens (tertiary/aromatic N) is 9. The molecule has 0 saturated carbocycles. The summed E-state index contributed by atoms with van der Waals surface area (Å²) in [4.78, 5) is 26.5. The van der Waals surface area contributed by atoms with Gasteiger partial charge in [-0.2, -0.15) is 5.10 Å². The number of aryl methyl sites for hydroxylation is 1. The number of methoxy groups -OCH3 is 1. The highest BCUT2D eigenvalue weighted by Crippen LogP contribution is 2.40. The predicted octanol–water partition coefficient (Wildman–Crippen LogP) is 3.07. The van der Waals surface area contributed by atoms with E-state index < -0.39 is 0 Å². The number of benzene rings is 1. The molecule has 4 aromatic heterocycles. The van der Waals surface area contributed by atoms with E-state index >= 15 is 0 Å². The number of hydrogen-bond acceptors (Lipinski definition) is 11. The fraction of sp³-hybridized carbons (Fsp3) is 0.280. The molecule has 1 aromatic carbocycles. The van der Waals surface area contributed by atoms with Gasteiger partial charge in [-0.15, -0.1) is 0 Å². The van der Waals surface area contributed by atoms with Crippen LogP contribution < -0.4 is 19.7 Å². The molecular formula is C25H26N10O2. The maximum absolute atomic E-state index is 6.01. The van der Waals surface area contributed by atoms with Gasteiger partial charge in [-0.3, -0.25) is 0 Å². The molecule has 0 unspecified atom stereocenters. The number of nitrogens with one attached hydrogen (secondary N) is 1. The number of hydrogen-bond donors (Lipinski definition) is 1. The number of aromatic nitrogens is 7. The number of ether oxygens (including phenoxy) is 2. The first-order valence-corrected chi connectivity index (χ1v) is 11.8. The third-order valence-electron chi connectivity index (χ3n) is 6.52. The standard InChI is InChI=1S/C25H26N10O2/c1-15-7-16(5-6-19(15)37-21-8-20-28-13-31-35(20)14-30-21)32-24-22-18(27-12-29-24)9-26-25(36-4)23(22)34-10-17(11-34)33(2)3/h5-9,12-14,17H,10-11H2,1-4H3,(H,27,29,32). The van der Waals surface area contributed by atoms with Crippen LogP contribution in [0.2, 0.25) is 0 Å². The summed E-state index contributed by atoms with van der Waals surface area (Å²) in [5, 5.41) is 8.39. The van der Waals surface area contributed by atoms with Crippen molar-refractivity contribution < 1.29 is 9.47 Å². The zero-order valence-corrected chi connectivity index (χ0v) is 21.0. The minimum Gasteiger partial charge on any atom is -0.479 e. The molecule has 0 radical (unpaired) electrons. The van der Waals surface area contributed by atoms with Crippen LogP contribution in [0.5, 0.6) is 17.5 Å². The molecular weight excluding hydrogens is 472 g/mol. The Labute approximate surface area is 212 Å². The Bertz CT molecular complexity index is 1600. The van der Waals surface area contributed by atoms with Crippen molar-refractivity contribution in [2.24, 2.45) is 0 Å². The monoisotopic (exact) mass is 498 g/mol. The van der Waals surface area contributed by atoms with Gasteiger partial charge in [0.25, 0.3) is 0 Å². The molecule has 188 valence electrons. The summed E-state index contributed by atoms with van der Waals surface area (Å²) in [5.41, 5.74) is 4.10. The Kier molecular flexibility index (Phi) is 5.64. The number of pyridine rings is 1. The van der Waals surface area contributed by atoms with Crippen molar-refractivity contribution in [2.45, 2.75) is 13.0 Å². The highest BCUT2D eigenvalue weighted by Gasteiger charge is 2.33. The van der Waals surface area contributed by atoms with Crippen molar-refractivity contribution in [3.8, 4) is 17.5 Å². The molecule has 5 heterocycles. The zero-order valence-electron chi connectivity index (χ0n) is 21.0. The minimum absolute atomic E-state index is 0.445. The van der Waals surface area contributed by atoms with Gasteiger partial charge in [0, 0.05) is 30.9 Å². The molecule has 6 rings (SSSR count). The second-order valence-electron chi connectivity index (χ2n) is 9.12. The van der Waals surface area contributed by atoms with Gasteiger partial charge in [-0.1, -0.05) is 0 Å². The summed E-state index contributed by atoms with van der Waals surface area (Å²) in [6, 6.07) is 8.05. The number of fused-ring (bicyclic) bond motifs is 2. The Balaban J connectivity index is 1.30. The zero-order chi connectivity index (χ0) is 25.5. The Morgan fingerprint density at radius 1 is 1.03 bits per heavy atom. The lowest BCUT2D eigenvalue weighted by Gasteiger charge is -2.44. The van der Waals surface area contributed by atoms with Crippen LogP contribution in [0, 0.1) is 6.92 Å². The average Bonchev–Trinajstić information content (AvgIpc) is 3.33. The quantitative estimate of drug-likeness (QED) is 0.357. The van der Waals surface area contributed by atoms with Gasteiger partial charge in [-0.05, 0) is 44.8 Å². The van der Waals surface area contributed by atoms with Crippen LogP contribution in [-0.2, 0) is 0 Å². The summed E-state index contributed by atoms with van der Waals surface area (Å²) in [6.45, 7) is 3.73. The fourth-order valence-electron chi connectivity index (χ4n) is 4.38. The highest BCUT2D eigenvalue weighted by molar-refractivity contribution is 6.02. The largest absolute Gasteiger partial charge is 0.479 e. The molecule has 1 aliphatic rings. The van der Waals surface area contributed by atoms with Crippen molar-refractivity contribution in [3.63, 3.8) is 0 Å². The van der Waals surface area contributed by atoms with Crippen LogP contribution in [0.15, 0.2) is 49.4 Å². The van der Waals surface area contributed by atoms with Crippen molar-refractivity contribution >= 4 is 33.7 Å². The maximum Gasteiger partial charge on any atom is 0.238 e. The Hall–Kier alpha value is -4.58.